The smallest absolute Gasteiger partial charge is 0.250 e. The number of hydrogen-bond donors (Lipinski definition) is 1. The molecule has 3 aromatic rings. The molecule has 0 atom stereocenters. The summed E-state index contributed by atoms with van der Waals surface area (Å²) in [6, 6.07) is 11.7. The fraction of sp³-hybridized carbons (Fsp3) is 0.167. The zero-order valence-corrected chi connectivity index (χ0v) is 16.0. The van der Waals surface area contributed by atoms with Crippen LogP contribution in [-0.2, 0) is 4.79 Å². The van der Waals surface area contributed by atoms with Gasteiger partial charge in [0, 0.05) is 6.20 Å². The Labute approximate surface area is 159 Å². The average molecular weight is 384 g/mol. The summed E-state index contributed by atoms with van der Waals surface area (Å²) in [4.78, 5) is 16.2. The van der Waals surface area contributed by atoms with Crippen molar-refractivity contribution in [3.63, 3.8) is 0 Å². The normalized spacial score (nSPS) is 11.0. The minimum absolute atomic E-state index is 0.189. The molecule has 0 saturated heterocycles. The van der Waals surface area contributed by atoms with Gasteiger partial charge in [-0.2, -0.15) is 5.10 Å². The lowest BCUT2D eigenvalue weighted by Gasteiger charge is -2.01. The molecule has 132 valence electrons. The number of amides is 1. The van der Waals surface area contributed by atoms with Crippen molar-refractivity contribution in [3.05, 3.63) is 59.3 Å². The van der Waals surface area contributed by atoms with Crippen molar-refractivity contribution in [2.75, 3.05) is 5.75 Å². The van der Waals surface area contributed by atoms with E-state index in [2.05, 4.69) is 31.8 Å². The van der Waals surface area contributed by atoms with Gasteiger partial charge in [-0.3, -0.25) is 9.78 Å². The molecule has 6 nitrogen and oxygen atoms in total. The lowest BCUT2D eigenvalue weighted by Crippen LogP contribution is -2.19. The lowest BCUT2D eigenvalue weighted by molar-refractivity contribution is -0.118. The fourth-order valence-electron chi connectivity index (χ4n) is 2.16. The van der Waals surface area contributed by atoms with Gasteiger partial charge in [-0.1, -0.05) is 52.9 Å². The zero-order valence-electron chi connectivity index (χ0n) is 14.3. The third-order valence-electron chi connectivity index (χ3n) is 3.44. The van der Waals surface area contributed by atoms with Gasteiger partial charge in [0.1, 0.15) is 5.69 Å². The number of pyridine rings is 1. The number of nitrogens with one attached hydrogen (secondary N) is 1. The average Bonchev–Trinajstić information content (AvgIpc) is 3.12. The molecule has 0 aliphatic heterocycles. The Morgan fingerprint density at radius 3 is 2.92 bits per heavy atom. The second-order valence-electron chi connectivity index (χ2n) is 5.53. The van der Waals surface area contributed by atoms with Crippen LogP contribution in [0.2, 0.25) is 0 Å². The Kier molecular flexibility index (Phi) is 6.08. The van der Waals surface area contributed by atoms with Gasteiger partial charge in [0.2, 0.25) is 0 Å². The number of rotatable bonds is 6. The molecule has 2 aromatic heterocycles. The molecule has 26 heavy (non-hydrogen) atoms. The molecule has 0 bridgehead atoms. The third-order valence-corrected chi connectivity index (χ3v) is 5.51. The van der Waals surface area contributed by atoms with Crippen LogP contribution in [0.1, 0.15) is 16.7 Å². The summed E-state index contributed by atoms with van der Waals surface area (Å²) >= 11 is 2.74. The molecule has 0 radical (unpaired) electrons. The predicted octanol–water partition coefficient (Wildman–Crippen LogP) is 3.46. The molecule has 8 heteroatoms. The second kappa shape index (κ2) is 8.68. The Morgan fingerprint density at radius 1 is 1.27 bits per heavy atom. The zero-order chi connectivity index (χ0) is 18.4. The molecule has 0 aliphatic carbocycles. The summed E-state index contributed by atoms with van der Waals surface area (Å²) in [5.41, 5.74) is 6.61. The topological polar surface area (TPSA) is 80.1 Å². The Morgan fingerprint density at radius 2 is 2.15 bits per heavy atom. The molecule has 0 unspecified atom stereocenters. The standard InChI is InChI=1S/C18H17N5OS2/c1-12-6-7-14(13(2)9-12)10-20-21-16(24)11-25-18-23-22-17(26-18)15-5-3-4-8-19-15/h3-10H,11H2,1-2H3,(H,21,24)/b20-10+. The first-order chi connectivity index (χ1) is 12.6. The molecule has 2 heterocycles. The van der Waals surface area contributed by atoms with Gasteiger partial charge in [-0.05, 0) is 37.1 Å². The van der Waals surface area contributed by atoms with Crippen LogP contribution in [0.5, 0.6) is 0 Å². The number of hydrazone groups is 1. The van der Waals surface area contributed by atoms with Gasteiger partial charge < -0.3 is 0 Å². The number of thioether (sulfide) groups is 1. The predicted molar refractivity (Wildman–Crippen MR) is 106 cm³/mol. The van der Waals surface area contributed by atoms with Gasteiger partial charge in [0.15, 0.2) is 9.35 Å². The Bertz CT molecular complexity index is 924. The Hall–Kier alpha value is -2.58. The van der Waals surface area contributed by atoms with E-state index in [1.165, 1.54) is 28.7 Å². The van der Waals surface area contributed by atoms with Gasteiger partial charge in [-0.25, -0.2) is 5.43 Å². The van der Waals surface area contributed by atoms with Crippen LogP contribution >= 0.6 is 23.1 Å². The van der Waals surface area contributed by atoms with E-state index in [-0.39, 0.29) is 11.7 Å². The second-order valence-corrected chi connectivity index (χ2v) is 7.73. The van der Waals surface area contributed by atoms with E-state index in [1.807, 2.05) is 44.2 Å². The summed E-state index contributed by atoms with van der Waals surface area (Å²) < 4.78 is 0.721. The van der Waals surface area contributed by atoms with Crippen LogP contribution in [0.15, 0.2) is 52.0 Å². The van der Waals surface area contributed by atoms with E-state index in [0.29, 0.717) is 0 Å². The minimum atomic E-state index is -0.189. The monoisotopic (exact) mass is 383 g/mol. The quantitative estimate of drug-likeness (QED) is 0.401. The number of nitrogens with zero attached hydrogens (tertiary/aromatic N) is 4. The molecule has 1 amide bonds. The lowest BCUT2D eigenvalue weighted by atomic mass is 10.1. The molecule has 0 spiro atoms. The van der Waals surface area contributed by atoms with Crippen molar-refractivity contribution < 1.29 is 4.79 Å². The third kappa shape index (κ3) is 4.96. The van der Waals surface area contributed by atoms with Gasteiger partial charge in [0.25, 0.3) is 5.91 Å². The van der Waals surface area contributed by atoms with E-state index in [0.717, 1.165) is 26.2 Å². The molecule has 3 rings (SSSR count). The van der Waals surface area contributed by atoms with E-state index >= 15 is 0 Å². The Balaban J connectivity index is 1.50. The van der Waals surface area contributed by atoms with Crippen molar-refractivity contribution in [1.82, 2.24) is 20.6 Å². The SMILES string of the molecule is Cc1ccc(/C=N/NC(=O)CSc2nnc(-c3ccccn3)s2)c(C)c1. The summed E-state index contributed by atoms with van der Waals surface area (Å²) in [5, 5.41) is 12.9. The van der Waals surface area contributed by atoms with E-state index in [1.54, 1.807) is 12.4 Å². The number of carbonyl (C=O) groups excluding carboxylic acids is 1. The van der Waals surface area contributed by atoms with Crippen LogP contribution < -0.4 is 5.43 Å². The van der Waals surface area contributed by atoms with Gasteiger partial charge in [-0.15, -0.1) is 10.2 Å². The molecule has 0 aliphatic rings. The summed E-state index contributed by atoms with van der Waals surface area (Å²) in [5.74, 6) is 0.0340. The molecule has 1 aromatic carbocycles. The molecule has 0 saturated carbocycles. The van der Waals surface area contributed by atoms with E-state index < -0.39 is 0 Å². The number of carbonyl (C=O) groups is 1. The highest BCUT2D eigenvalue weighted by Crippen LogP contribution is 2.27. The number of aryl methyl sites for hydroxylation is 2. The van der Waals surface area contributed by atoms with Crippen molar-refractivity contribution in [1.29, 1.82) is 0 Å². The summed E-state index contributed by atoms with van der Waals surface area (Å²) in [6.07, 6.45) is 3.37. The minimum Gasteiger partial charge on any atom is -0.272 e. The van der Waals surface area contributed by atoms with Crippen LogP contribution in [0.4, 0.5) is 0 Å². The van der Waals surface area contributed by atoms with Gasteiger partial charge >= 0.3 is 0 Å². The maximum atomic E-state index is 11.9. The van der Waals surface area contributed by atoms with Gasteiger partial charge in [0.05, 0.1) is 12.0 Å². The van der Waals surface area contributed by atoms with Crippen LogP contribution in [-0.4, -0.2) is 33.1 Å². The summed E-state index contributed by atoms with van der Waals surface area (Å²) in [7, 11) is 0. The van der Waals surface area contributed by atoms with Crippen molar-refractivity contribution in [2.24, 2.45) is 5.10 Å². The van der Waals surface area contributed by atoms with Crippen LogP contribution in [0.25, 0.3) is 10.7 Å². The maximum Gasteiger partial charge on any atom is 0.250 e. The molecule has 1 N–H and O–H groups in total. The highest BCUT2D eigenvalue weighted by Gasteiger charge is 2.09. The maximum absolute atomic E-state index is 11.9. The molecule has 0 fully saturated rings. The molecular weight excluding hydrogens is 366 g/mol. The molecular formula is C18H17N5OS2. The van der Waals surface area contributed by atoms with Crippen molar-refractivity contribution >= 4 is 35.2 Å². The summed E-state index contributed by atoms with van der Waals surface area (Å²) in [6.45, 7) is 4.06. The largest absolute Gasteiger partial charge is 0.272 e. The van der Waals surface area contributed by atoms with Crippen LogP contribution in [0.3, 0.4) is 0 Å². The highest BCUT2D eigenvalue weighted by atomic mass is 32.2. The first-order valence-electron chi connectivity index (χ1n) is 7.88. The fourth-order valence-corrected chi connectivity index (χ4v) is 3.79. The number of benzene rings is 1. The highest BCUT2D eigenvalue weighted by molar-refractivity contribution is 8.01. The number of hydrogen-bond acceptors (Lipinski definition) is 7. The van der Waals surface area contributed by atoms with E-state index in [9.17, 15) is 4.79 Å². The van der Waals surface area contributed by atoms with Crippen molar-refractivity contribution in [2.45, 2.75) is 18.2 Å². The van der Waals surface area contributed by atoms with E-state index in [4.69, 9.17) is 0 Å². The van der Waals surface area contributed by atoms with Crippen LogP contribution in [0, 0.1) is 13.8 Å². The van der Waals surface area contributed by atoms with Crippen molar-refractivity contribution in [3.8, 4) is 10.7 Å². The first kappa shape index (κ1) is 18.2. The number of aromatic nitrogens is 3. The first-order valence-corrected chi connectivity index (χ1v) is 9.69.